The summed E-state index contributed by atoms with van der Waals surface area (Å²) in [6.45, 7) is 3.62. The third-order valence-electron chi connectivity index (χ3n) is 14.7. The highest BCUT2D eigenvalue weighted by Gasteiger charge is 2.26. The summed E-state index contributed by atoms with van der Waals surface area (Å²) in [5.74, 6) is -0.861. The Morgan fingerprint density at radius 3 is 0.988 bits per heavy atom. The highest BCUT2D eigenvalue weighted by atomic mass is 31.2. The molecule has 0 radical (unpaired) electrons. The number of allylic oxidation sites excluding steroid dienone is 18. The number of hydrogen-bond donors (Lipinski definition) is 2. The van der Waals surface area contributed by atoms with Gasteiger partial charge in [-0.15, -0.1) is 0 Å². The molecule has 0 amide bonds. The van der Waals surface area contributed by atoms with Crippen molar-refractivity contribution in [1.29, 1.82) is 0 Å². The predicted octanol–water partition coefficient (Wildman–Crippen LogP) is 22.5. The second kappa shape index (κ2) is 67.8. The first kappa shape index (κ1) is 79.7. The summed E-state index contributed by atoms with van der Waals surface area (Å²) in [6.07, 6.45) is 93.3. The quantitative estimate of drug-likeness (QED) is 0.0264. The fourth-order valence-electron chi connectivity index (χ4n) is 9.63. The maximum Gasteiger partial charge on any atom is 0.472 e. The Labute approximate surface area is 511 Å². The molecular formula is C73H128NO8P. The Morgan fingerprint density at radius 1 is 0.373 bits per heavy atom. The molecule has 0 bridgehead atoms. The SMILES string of the molecule is CC/C=C\C/C=C\C/C=C\C/C=C\C/C=C\C/C=C\C/C=C\C/C=C\C/C=C\CCCCCC(=O)OC(COC(=O)CCCCCCCCCCCCCCCCCCCCCCCCCCCCCCCCC)COP(=O)(O)OCCN. The van der Waals surface area contributed by atoms with Gasteiger partial charge < -0.3 is 20.1 Å². The van der Waals surface area contributed by atoms with E-state index in [0.29, 0.717) is 6.42 Å². The van der Waals surface area contributed by atoms with E-state index >= 15 is 0 Å². The lowest BCUT2D eigenvalue weighted by atomic mass is 10.0. The van der Waals surface area contributed by atoms with Gasteiger partial charge in [-0.25, -0.2) is 4.57 Å². The molecule has 0 aliphatic carbocycles. The molecule has 0 aliphatic heterocycles. The maximum absolute atomic E-state index is 12.7. The van der Waals surface area contributed by atoms with Crippen LogP contribution in [0.5, 0.6) is 0 Å². The number of phosphoric ester groups is 1. The van der Waals surface area contributed by atoms with Gasteiger partial charge in [0.15, 0.2) is 6.10 Å². The standard InChI is InChI=1S/C73H128NO8P/c1-3-5-7-9-11-13-15-17-19-21-23-25-27-29-31-33-35-37-39-41-43-45-47-49-51-53-55-57-59-61-63-65-72(75)79-69-71(70-81-83(77,78)80-68-67-74)82-73(76)66-64-62-60-58-56-54-52-50-48-46-44-42-40-38-36-34-32-30-28-26-24-22-20-18-16-14-12-10-8-6-4-2/h6,8,12,14,18,20,24,26,30,32,36,38,42,44,48,50,54,56,71H,3-5,7,9-11,13,15-17,19,21-23,25,27-29,31,33-35,37,39-41,43,45-47,49,51-53,55,57-70,74H2,1-2H3,(H,77,78)/b8-6-,14-12-,20-18-,26-24-,32-30-,38-36-,44-42-,50-48-,56-54-. The highest BCUT2D eigenvalue weighted by molar-refractivity contribution is 7.47. The van der Waals surface area contributed by atoms with Gasteiger partial charge in [-0.2, -0.15) is 0 Å². The number of carbonyl (C=O) groups is 2. The van der Waals surface area contributed by atoms with Gasteiger partial charge in [-0.3, -0.25) is 18.6 Å². The largest absolute Gasteiger partial charge is 0.472 e. The number of hydrogen-bond acceptors (Lipinski definition) is 8. The third kappa shape index (κ3) is 67.7. The van der Waals surface area contributed by atoms with E-state index in [4.69, 9.17) is 24.3 Å². The summed E-state index contributed by atoms with van der Waals surface area (Å²) in [4.78, 5) is 35.3. The molecule has 0 fully saturated rings. The molecule has 10 heteroatoms. The summed E-state index contributed by atoms with van der Waals surface area (Å²) in [5.41, 5.74) is 5.40. The van der Waals surface area contributed by atoms with Crippen LogP contribution in [0.2, 0.25) is 0 Å². The van der Waals surface area contributed by atoms with Gasteiger partial charge in [0, 0.05) is 19.4 Å². The van der Waals surface area contributed by atoms with Crippen molar-refractivity contribution in [3.8, 4) is 0 Å². The van der Waals surface area contributed by atoms with Crippen molar-refractivity contribution in [3.05, 3.63) is 109 Å². The molecule has 9 nitrogen and oxygen atoms in total. The minimum atomic E-state index is -4.41. The van der Waals surface area contributed by atoms with Crippen LogP contribution < -0.4 is 5.73 Å². The number of carbonyl (C=O) groups excluding carboxylic acids is 2. The summed E-state index contributed by atoms with van der Waals surface area (Å²) < 4.78 is 33.1. The Bertz CT molecular complexity index is 1730. The molecule has 2 atom stereocenters. The molecule has 0 aromatic rings. The molecule has 0 aliphatic rings. The van der Waals surface area contributed by atoms with Gasteiger partial charge in [-0.1, -0.05) is 322 Å². The van der Waals surface area contributed by atoms with E-state index in [1.54, 1.807) is 0 Å². The molecular weight excluding hydrogens is 1050 g/mol. The number of ether oxygens (including phenoxy) is 2. The van der Waals surface area contributed by atoms with Gasteiger partial charge in [0.05, 0.1) is 13.2 Å². The number of nitrogens with two attached hydrogens (primary N) is 1. The third-order valence-corrected chi connectivity index (χ3v) is 15.7. The molecule has 0 aromatic carbocycles. The van der Waals surface area contributed by atoms with E-state index in [-0.39, 0.29) is 38.6 Å². The minimum absolute atomic E-state index is 0.0433. The van der Waals surface area contributed by atoms with Crippen LogP contribution in [0.25, 0.3) is 0 Å². The van der Waals surface area contributed by atoms with Crippen LogP contribution in [0.4, 0.5) is 0 Å². The predicted molar refractivity (Wildman–Crippen MR) is 358 cm³/mol. The van der Waals surface area contributed by atoms with Crippen LogP contribution in [-0.4, -0.2) is 49.3 Å². The Hall–Kier alpha value is -3.33. The Balaban J connectivity index is 3.97. The molecule has 0 rings (SSSR count). The number of rotatable bonds is 64. The zero-order chi connectivity index (χ0) is 60.1. The summed E-state index contributed by atoms with van der Waals surface area (Å²) >= 11 is 0. The lowest BCUT2D eigenvalue weighted by Gasteiger charge is -2.19. The fourth-order valence-corrected chi connectivity index (χ4v) is 10.4. The molecule has 83 heavy (non-hydrogen) atoms. The van der Waals surface area contributed by atoms with Crippen molar-refractivity contribution < 1.29 is 37.6 Å². The van der Waals surface area contributed by atoms with E-state index in [1.807, 2.05) is 0 Å². The van der Waals surface area contributed by atoms with E-state index in [0.717, 1.165) is 96.3 Å². The van der Waals surface area contributed by atoms with Crippen LogP contribution in [0.1, 0.15) is 309 Å². The number of phosphoric acid groups is 1. The maximum atomic E-state index is 12.7. The van der Waals surface area contributed by atoms with Gasteiger partial charge in [0.1, 0.15) is 6.61 Å². The first-order valence-electron chi connectivity index (χ1n) is 34.4. The lowest BCUT2D eigenvalue weighted by molar-refractivity contribution is -0.161. The normalized spacial score (nSPS) is 13.6. The summed E-state index contributed by atoms with van der Waals surface area (Å²) in [7, 11) is -4.41. The molecule has 2 unspecified atom stereocenters. The Morgan fingerprint density at radius 2 is 0.663 bits per heavy atom. The zero-order valence-electron chi connectivity index (χ0n) is 53.7. The summed E-state index contributed by atoms with van der Waals surface area (Å²) in [5, 5.41) is 0. The van der Waals surface area contributed by atoms with Crippen LogP contribution in [0.15, 0.2) is 109 Å². The molecule has 0 spiro atoms. The van der Waals surface area contributed by atoms with Gasteiger partial charge in [0.2, 0.25) is 0 Å². The Kier molecular flexibility index (Phi) is 65.1. The molecule has 0 saturated carbocycles. The molecule has 0 saturated heterocycles. The topological polar surface area (TPSA) is 134 Å². The average Bonchev–Trinajstić information content (AvgIpc) is 3.48. The van der Waals surface area contributed by atoms with Crippen molar-refractivity contribution >= 4 is 19.8 Å². The number of esters is 2. The molecule has 0 heterocycles. The minimum Gasteiger partial charge on any atom is -0.462 e. The van der Waals surface area contributed by atoms with Crippen LogP contribution in [-0.2, 0) is 32.7 Å². The van der Waals surface area contributed by atoms with E-state index in [9.17, 15) is 19.0 Å². The van der Waals surface area contributed by atoms with E-state index in [2.05, 4.69) is 123 Å². The monoisotopic (exact) mass is 1180 g/mol. The van der Waals surface area contributed by atoms with Gasteiger partial charge in [-0.05, 0) is 83.5 Å². The first-order valence-corrected chi connectivity index (χ1v) is 35.9. The second-order valence-electron chi connectivity index (χ2n) is 22.7. The van der Waals surface area contributed by atoms with Crippen molar-refractivity contribution in [2.24, 2.45) is 5.73 Å². The highest BCUT2D eigenvalue weighted by Crippen LogP contribution is 2.43. The van der Waals surface area contributed by atoms with E-state index < -0.39 is 26.5 Å². The van der Waals surface area contributed by atoms with E-state index in [1.165, 1.54) is 180 Å². The van der Waals surface area contributed by atoms with Crippen molar-refractivity contribution in [1.82, 2.24) is 0 Å². The average molecular weight is 1180 g/mol. The van der Waals surface area contributed by atoms with Crippen LogP contribution in [0.3, 0.4) is 0 Å². The lowest BCUT2D eigenvalue weighted by Crippen LogP contribution is -2.29. The van der Waals surface area contributed by atoms with Gasteiger partial charge >= 0.3 is 19.8 Å². The van der Waals surface area contributed by atoms with Gasteiger partial charge in [0.25, 0.3) is 0 Å². The zero-order valence-corrected chi connectivity index (χ0v) is 54.5. The molecule has 478 valence electrons. The molecule has 3 N–H and O–H groups in total. The summed E-state index contributed by atoms with van der Waals surface area (Å²) in [6, 6.07) is 0. The molecule has 0 aromatic heterocycles. The van der Waals surface area contributed by atoms with Crippen molar-refractivity contribution in [2.45, 2.75) is 315 Å². The second-order valence-corrected chi connectivity index (χ2v) is 24.1. The van der Waals surface area contributed by atoms with Crippen LogP contribution >= 0.6 is 7.82 Å². The van der Waals surface area contributed by atoms with Crippen molar-refractivity contribution in [3.63, 3.8) is 0 Å². The smallest absolute Gasteiger partial charge is 0.462 e. The number of unbranched alkanes of at least 4 members (excludes halogenated alkanes) is 33. The van der Waals surface area contributed by atoms with Crippen LogP contribution in [0, 0.1) is 0 Å². The first-order chi connectivity index (χ1) is 40.8. The van der Waals surface area contributed by atoms with Crippen molar-refractivity contribution in [2.75, 3.05) is 26.4 Å². The fraction of sp³-hybridized carbons (Fsp3) is 0.726.